The van der Waals surface area contributed by atoms with Gasteiger partial charge in [-0.25, -0.2) is 0 Å². The van der Waals surface area contributed by atoms with Crippen LogP contribution < -0.4 is 14.8 Å². The maximum Gasteiger partial charge on any atom is 0.239 e. The second-order valence-corrected chi connectivity index (χ2v) is 4.91. The lowest BCUT2D eigenvalue weighted by Crippen LogP contribution is -2.40. The predicted octanol–water partition coefficient (Wildman–Crippen LogP) is 0.815. The Balaban J connectivity index is 2.72. The molecule has 0 aliphatic heterocycles. The van der Waals surface area contributed by atoms with Gasteiger partial charge < -0.3 is 24.4 Å². The Labute approximate surface area is 136 Å². The van der Waals surface area contributed by atoms with E-state index in [1.54, 1.807) is 33.5 Å². The molecule has 1 aromatic carbocycles. The minimum atomic E-state index is -0.224. The molecule has 7 heteroatoms. The Morgan fingerprint density at radius 2 is 1.83 bits per heavy atom. The van der Waals surface area contributed by atoms with Crippen LogP contribution in [0.5, 0.6) is 11.5 Å². The highest BCUT2D eigenvalue weighted by atomic mass is 16.5. The summed E-state index contributed by atoms with van der Waals surface area (Å²) in [5.74, 6) is 0.792. The zero-order valence-corrected chi connectivity index (χ0v) is 14.0. The minimum Gasteiger partial charge on any atom is -0.493 e. The second-order valence-electron chi connectivity index (χ2n) is 4.91. The lowest BCUT2D eigenvalue weighted by atomic mass is 10.2. The van der Waals surface area contributed by atoms with Crippen molar-refractivity contribution in [2.75, 3.05) is 41.0 Å². The van der Waals surface area contributed by atoms with Crippen molar-refractivity contribution in [3.63, 3.8) is 0 Å². The Morgan fingerprint density at radius 3 is 2.39 bits per heavy atom. The fourth-order valence-corrected chi connectivity index (χ4v) is 2.00. The van der Waals surface area contributed by atoms with Crippen LogP contribution in [-0.2, 0) is 20.9 Å². The van der Waals surface area contributed by atoms with Crippen LogP contribution in [0.4, 0.5) is 0 Å². The Morgan fingerprint density at radius 1 is 1.13 bits per heavy atom. The quantitative estimate of drug-likeness (QED) is 0.680. The van der Waals surface area contributed by atoms with E-state index >= 15 is 0 Å². The minimum absolute atomic E-state index is 0.00656. The topological polar surface area (TPSA) is 77.1 Å². The van der Waals surface area contributed by atoms with Crippen molar-refractivity contribution in [1.82, 2.24) is 10.2 Å². The molecule has 0 fully saturated rings. The van der Waals surface area contributed by atoms with Gasteiger partial charge in [0.15, 0.2) is 11.5 Å². The van der Waals surface area contributed by atoms with Gasteiger partial charge in [0.05, 0.1) is 27.4 Å². The summed E-state index contributed by atoms with van der Waals surface area (Å²) in [6.45, 7) is 2.59. The highest BCUT2D eigenvalue weighted by Gasteiger charge is 2.15. The summed E-state index contributed by atoms with van der Waals surface area (Å²) in [5.41, 5.74) is 0.850. The molecule has 1 aromatic rings. The number of rotatable bonds is 9. The molecule has 0 aliphatic carbocycles. The number of amides is 2. The first-order chi connectivity index (χ1) is 11.0. The van der Waals surface area contributed by atoms with Crippen LogP contribution in [0.15, 0.2) is 18.2 Å². The van der Waals surface area contributed by atoms with Crippen LogP contribution in [0.3, 0.4) is 0 Å². The summed E-state index contributed by atoms with van der Waals surface area (Å²) >= 11 is 0. The van der Waals surface area contributed by atoms with Crippen LogP contribution in [0.1, 0.15) is 12.5 Å². The van der Waals surface area contributed by atoms with Crippen molar-refractivity contribution in [3.05, 3.63) is 23.8 Å². The molecule has 0 unspecified atom stereocenters. The molecule has 2 amide bonds. The van der Waals surface area contributed by atoms with E-state index in [1.165, 1.54) is 11.8 Å². The zero-order valence-electron chi connectivity index (χ0n) is 14.0. The van der Waals surface area contributed by atoms with Gasteiger partial charge in [-0.3, -0.25) is 9.59 Å². The molecule has 0 aromatic heterocycles. The number of carbonyl (C=O) groups excluding carboxylic acids is 2. The second kappa shape index (κ2) is 9.68. The third-order valence-corrected chi connectivity index (χ3v) is 3.23. The predicted molar refractivity (Wildman–Crippen MR) is 85.5 cm³/mol. The van der Waals surface area contributed by atoms with E-state index in [4.69, 9.17) is 14.2 Å². The molecule has 128 valence electrons. The molecule has 7 nitrogen and oxygen atoms in total. The normalized spacial score (nSPS) is 10.1. The number of hydrogen-bond acceptors (Lipinski definition) is 5. The molecule has 0 spiro atoms. The first-order valence-corrected chi connectivity index (χ1v) is 7.23. The maximum atomic E-state index is 11.8. The van der Waals surface area contributed by atoms with E-state index in [9.17, 15) is 9.59 Å². The number of ether oxygens (including phenoxy) is 3. The van der Waals surface area contributed by atoms with Crippen LogP contribution in [0, 0.1) is 0 Å². The molecule has 0 bridgehead atoms. The van der Waals surface area contributed by atoms with Crippen LogP contribution in [0.25, 0.3) is 0 Å². The summed E-state index contributed by atoms with van der Waals surface area (Å²) in [5, 5.41) is 2.69. The molecular formula is C16H24N2O5. The average molecular weight is 324 g/mol. The van der Waals surface area contributed by atoms with Crippen molar-refractivity contribution in [2.45, 2.75) is 13.5 Å². The summed E-state index contributed by atoms with van der Waals surface area (Å²) in [7, 11) is 4.67. The third kappa shape index (κ3) is 6.15. The number of benzene rings is 1. The van der Waals surface area contributed by atoms with Crippen LogP contribution >= 0.6 is 0 Å². The van der Waals surface area contributed by atoms with Crippen molar-refractivity contribution in [1.29, 1.82) is 0 Å². The third-order valence-electron chi connectivity index (χ3n) is 3.23. The standard InChI is InChI=1S/C16H24N2O5/c1-12(19)18(11-16(20)17-7-8-21-2)10-13-5-6-14(22-3)15(9-13)23-4/h5-6,9H,7-8,10-11H2,1-4H3,(H,17,20). The molecule has 0 saturated carbocycles. The summed E-state index contributed by atoms with van der Waals surface area (Å²) in [6, 6.07) is 5.39. The van der Waals surface area contributed by atoms with Crippen molar-refractivity contribution >= 4 is 11.8 Å². The molecule has 0 heterocycles. The highest BCUT2D eigenvalue weighted by Crippen LogP contribution is 2.28. The van der Waals surface area contributed by atoms with Gasteiger partial charge in [0.1, 0.15) is 0 Å². The van der Waals surface area contributed by atoms with Gasteiger partial charge in [-0.2, -0.15) is 0 Å². The van der Waals surface area contributed by atoms with Gasteiger partial charge in [0, 0.05) is 27.1 Å². The monoisotopic (exact) mass is 324 g/mol. The fraction of sp³-hybridized carbons (Fsp3) is 0.500. The molecule has 0 atom stereocenters. The molecule has 0 aliphatic rings. The lowest BCUT2D eigenvalue weighted by Gasteiger charge is -2.21. The Hall–Kier alpha value is -2.28. The number of nitrogens with one attached hydrogen (secondary N) is 1. The van der Waals surface area contributed by atoms with Gasteiger partial charge in [0.2, 0.25) is 11.8 Å². The number of hydrogen-bond donors (Lipinski definition) is 1. The zero-order chi connectivity index (χ0) is 17.2. The number of nitrogens with zero attached hydrogens (tertiary/aromatic N) is 1. The van der Waals surface area contributed by atoms with E-state index in [0.717, 1.165) is 5.56 Å². The Bertz CT molecular complexity index is 533. The van der Waals surface area contributed by atoms with E-state index in [2.05, 4.69) is 5.32 Å². The highest BCUT2D eigenvalue weighted by molar-refractivity contribution is 5.83. The summed E-state index contributed by atoms with van der Waals surface area (Å²) in [6.07, 6.45) is 0. The SMILES string of the molecule is COCCNC(=O)CN(Cc1ccc(OC)c(OC)c1)C(C)=O. The van der Waals surface area contributed by atoms with Crippen molar-refractivity contribution < 1.29 is 23.8 Å². The number of methoxy groups -OCH3 is 3. The average Bonchev–Trinajstić information content (AvgIpc) is 2.54. The molecule has 1 N–H and O–H groups in total. The largest absolute Gasteiger partial charge is 0.493 e. The summed E-state index contributed by atoms with van der Waals surface area (Å²) < 4.78 is 15.3. The fourth-order valence-electron chi connectivity index (χ4n) is 2.00. The first kappa shape index (κ1) is 18.8. The molecule has 1 rings (SSSR count). The van der Waals surface area contributed by atoms with Crippen molar-refractivity contribution in [3.8, 4) is 11.5 Å². The molecule has 0 saturated heterocycles. The first-order valence-electron chi connectivity index (χ1n) is 7.23. The van der Waals surface area contributed by atoms with E-state index in [0.29, 0.717) is 31.2 Å². The van der Waals surface area contributed by atoms with Crippen LogP contribution in [-0.4, -0.2) is 57.7 Å². The maximum absolute atomic E-state index is 11.8. The smallest absolute Gasteiger partial charge is 0.239 e. The number of carbonyl (C=O) groups is 2. The van der Waals surface area contributed by atoms with Gasteiger partial charge in [-0.1, -0.05) is 6.07 Å². The Kier molecular flexibility index (Phi) is 7.90. The van der Waals surface area contributed by atoms with Gasteiger partial charge in [-0.05, 0) is 17.7 Å². The van der Waals surface area contributed by atoms with Crippen LogP contribution in [0.2, 0.25) is 0 Å². The molecular weight excluding hydrogens is 300 g/mol. The van der Waals surface area contributed by atoms with E-state index in [1.807, 2.05) is 6.07 Å². The van der Waals surface area contributed by atoms with Gasteiger partial charge in [-0.15, -0.1) is 0 Å². The molecule has 23 heavy (non-hydrogen) atoms. The van der Waals surface area contributed by atoms with Gasteiger partial charge in [0.25, 0.3) is 0 Å². The van der Waals surface area contributed by atoms with Crippen molar-refractivity contribution in [2.24, 2.45) is 0 Å². The van der Waals surface area contributed by atoms with E-state index < -0.39 is 0 Å². The van der Waals surface area contributed by atoms with Gasteiger partial charge >= 0.3 is 0 Å². The summed E-state index contributed by atoms with van der Waals surface area (Å²) in [4.78, 5) is 25.1. The molecule has 0 radical (unpaired) electrons. The lowest BCUT2D eigenvalue weighted by molar-refractivity contribution is -0.135. The van der Waals surface area contributed by atoms with E-state index in [-0.39, 0.29) is 18.4 Å².